The molecule has 0 bridgehead atoms. The number of thiophene rings is 1. The number of aryl methyl sites for hydroxylation is 1. The van der Waals surface area contributed by atoms with Crippen LogP contribution in [-0.2, 0) is 6.54 Å². The van der Waals surface area contributed by atoms with Crippen LogP contribution in [0.15, 0.2) is 34.3 Å². The van der Waals surface area contributed by atoms with Gasteiger partial charge in [0.1, 0.15) is 5.76 Å². The fraction of sp³-hybridized carbons (Fsp3) is 0.357. The maximum atomic E-state index is 12.5. The zero-order valence-corrected chi connectivity index (χ0v) is 11.1. The number of nitrogens with zero attached hydrogens (tertiary/aromatic N) is 1. The first kappa shape index (κ1) is 11.5. The summed E-state index contributed by atoms with van der Waals surface area (Å²) in [5.41, 5.74) is 1.06. The highest BCUT2D eigenvalue weighted by Crippen LogP contribution is 2.31. The molecule has 4 heteroatoms. The molecule has 2 aromatic rings. The van der Waals surface area contributed by atoms with Crippen LogP contribution < -0.4 is 0 Å². The molecule has 1 fully saturated rings. The number of carbonyl (C=O) groups excluding carboxylic acids is 1. The lowest BCUT2D eigenvalue weighted by Crippen LogP contribution is -2.32. The third-order valence-electron chi connectivity index (χ3n) is 3.21. The summed E-state index contributed by atoms with van der Waals surface area (Å²) in [5, 5.41) is 1.97. The molecular weight excluding hydrogens is 246 g/mol. The number of rotatable bonds is 4. The van der Waals surface area contributed by atoms with Crippen LogP contribution in [0.3, 0.4) is 0 Å². The van der Waals surface area contributed by atoms with E-state index < -0.39 is 0 Å². The predicted molar refractivity (Wildman–Crippen MR) is 70.7 cm³/mol. The SMILES string of the molecule is Cc1ccsc1C(=O)N(Cc1ccco1)C1CC1. The van der Waals surface area contributed by atoms with Crippen LogP contribution in [0.1, 0.15) is 33.8 Å². The number of amides is 1. The second-order valence-corrected chi connectivity index (χ2v) is 5.59. The van der Waals surface area contributed by atoms with Crippen LogP contribution in [0.4, 0.5) is 0 Å². The van der Waals surface area contributed by atoms with Crippen molar-refractivity contribution in [3.63, 3.8) is 0 Å². The number of furan rings is 1. The molecule has 1 saturated carbocycles. The van der Waals surface area contributed by atoms with Gasteiger partial charge in [0.15, 0.2) is 0 Å². The summed E-state index contributed by atoms with van der Waals surface area (Å²) in [6.07, 6.45) is 3.87. The van der Waals surface area contributed by atoms with Crippen LogP contribution in [0.2, 0.25) is 0 Å². The molecule has 0 aliphatic heterocycles. The Morgan fingerprint density at radius 3 is 2.89 bits per heavy atom. The van der Waals surface area contributed by atoms with Crippen molar-refractivity contribution in [2.24, 2.45) is 0 Å². The maximum absolute atomic E-state index is 12.5. The zero-order chi connectivity index (χ0) is 12.5. The molecule has 0 N–H and O–H groups in total. The standard InChI is InChI=1S/C14H15NO2S/c1-10-6-8-18-13(10)14(16)15(11-4-5-11)9-12-3-2-7-17-12/h2-3,6-8,11H,4-5,9H2,1H3. The van der Waals surface area contributed by atoms with E-state index in [2.05, 4.69) is 0 Å². The highest BCUT2D eigenvalue weighted by molar-refractivity contribution is 7.12. The van der Waals surface area contributed by atoms with E-state index in [1.165, 1.54) is 11.3 Å². The van der Waals surface area contributed by atoms with E-state index in [0.29, 0.717) is 12.6 Å². The number of hydrogen-bond donors (Lipinski definition) is 0. The zero-order valence-electron chi connectivity index (χ0n) is 10.3. The first-order valence-corrected chi connectivity index (χ1v) is 7.01. The third-order valence-corrected chi connectivity index (χ3v) is 4.22. The normalized spacial score (nSPS) is 14.7. The monoisotopic (exact) mass is 261 g/mol. The van der Waals surface area contributed by atoms with Crippen molar-refractivity contribution in [1.82, 2.24) is 4.90 Å². The Kier molecular flexibility index (Phi) is 2.96. The molecule has 0 aromatic carbocycles. The lowest BCUT2D eigenvalue weighted by molar-refractivity contribution is 0.0722. The van der Waals surface area contributed by atoms with Gasteiger partial charge >= 0.3 is 0 Å². The van der Waals surface area contributed by atoms with Gasteiger partial charge in [0.2, 0.25) is 0 Å². The van der Waals surface area contributed by atoms with Gasteiger partial charge in [-0.1, -0.05) is 0 Å². The average Bonchev–Trinajstić information content (AvgIpc) is 2.89. The van der Waals surface area contributed by atoms with E-state index >= 15 is 0 Å². The maximum Gasteiger partial charge on any atom is 0.264 e. The van der Waals surface area contributed by atoms with Gasteiger partial charge in [0, 0.05) is 6.04 Å². The Morgan fingerprint density at radius 1 is 1.50 bits per heavy atom. The van der Waals surface area contributed by atoms with Gasteiger partial charge in [0.25, 0.3) is 5.91 Å². The summed E-state index contributed by atoms with van der Waals surface area (Å²) >= 11 is 1.52. The van der Waals surface area contributed by atoms with E-state index in [9.17, 15) is 4.79 Å². The Labute approximate surface area is 110 Å². The van der Waals surface area contributed by atoms with E-state index in [0.717, 1.165) is 29.0 Å². The Morgan fingerprint density at radius 2 is 2.33 bits per heavy atom. The van der Waals surface area contributed by atoms with Crippen molar-refractivity contribution in [2.45, 2.75) is 32.4 Å². The van der Waals surface area contributed by atoms with Crippen molar-refractivity contribution in [3.05, 3.63) is 46.0 Å². The third kappa shape index (κ3) is 2.20. The highest BCUT2D eigenvalue weighted by Gasteiger charge is 2.34. The molecule has 3 nitrogen and oxygen atoms in total. The average molecular weight is 261 g/mol. The van der Waals surface area contributed by atoms with Crippen LogP contribution in [0, 0.1) is 6.92 Å². The van der Waals surface area contributed by atoms with Gasteiger partial charge in [-0.2, -0.15) is 0 Å². The molecule has 0 saturated heterocycles. The molecule has 3 rings (SSSR count). The first-order valence-electron chi connectivity index (χ1n) is 6.13. The van der Waals surface area contributed by atoms with E-state index in [1.807, 2.05) is 35.4 Å². The molecule has 94 valence electrons. The van der Waals surface area contributed by atoms with Crippen LogP contribution in [-0.4, -0.2) is 16.8 Å². The Bertz CT molecular complexity index is 540. The quantitative estimate of drug-likeness (QED) is 0.844. The van der Waals surface area contributed by atoms with Crippen LogP contribution >= 0.6 is 11.3 Å². The highest BCUT2D eigenvalue weighted by atomic mass is 32.1. The van der Waals surface area contributed by atoms with E-state index in [1.54, 1.807) is 6.26 Å². The fourth-order valence-electron chi connectivity index (χ4n) is 2.05. The summed E-state index contributed by atoms with van der Waals surface area (Å²) in [6.45, 7) is 2.57. The molecule has 2 heterocycles. The van der Waals surface area contributed by atoms with Crippen LogP contribution in [0.25, 0.3) is 0 Å². The molecule has 0 radical (unpaired) electrons. The largest absolute Gasteiger partial charge is 0.467 e. The van der Waals surface area contributed by atoms with Crippen LogP contribution in [0.5, 0.6) is 0 Å². The van der Waals surface area contributed by atoms with Gasteiger partial charge < -0.3 is 9.32 Å². The summed E-state index contributed by atoms with van der Waals surface area (Å²) in [5.74, 6) is 0.992. The smallest absolute Gasteiger partial charge is 0.264 e. The molecule has 0 spiro atoms. The van der Waals surface area contributed by atoms with Gasteiger partial charge in [-0.25, -0.2) is 0 Å². The summed E-state index contributed by atoms with van der Waals surface area (Å²) in [6, 6.07) is 6.17. The summed E-state index contributed by atoms with van der Waals surface area (Å²) in [4.78, 5) is 15.3. The summed E-state index contributed by atoms with van der Waals surface area (Å²) in [7, 11) is 0. The summed E-state index contributed by atoms with van der Waals surface area (Å²) < 4.78 is 5.35. The Hall–Kier alpha value is -1.55. The van der Waals surface area contributed by atoms with Gasteiger partial charge in [-0.15, -0.1) is 11.3 Å². The second kappa shape index (κ2) is 4.61. The second-order valence-electron chi connectivity index (χ2n) is 4.68. The minimum absolute atomic E-state index is 0.140. The van der Waals surface area contributed by atoms with Crippen molar-refractivity contribution >= 4 is 17.2 Å². The lowest BCUT2D eigenvalue weighted by Gasteiger charge is -2.21. The first-order chi connectivity index (χ1) is 8.75. The molecule has 1 amide bonds. The molecule has 0 unspecified atom stereocenters. The van der Waals surface area contributed by atoms with Gasteiger partial charge in [-0.3, -0.25) is 4.79 Å². The molecule has 1 aliphatic rings. The molecule has 0 atom stereocenters. The molecular formula is C14H15NO2S. The minimum Gasteiger partial charge on any atom is -0.467 e. The molecule has 18 heavy (non-hydrogen) atoms. The van der Waals surface area contributed by atoms with Crippen molar-refractivity contribution < 1.29 is 9.21 Å². The van der Waals surface area contributed by atoms with E-state index in [4.69, 9.17) is 4.42 Å². The topological polar surface area (TPSA) is 33.5 Å². The van der Waals surface area contributed by atoms with Gasteiger partial charge in [0.05, 0.1) is 17.7 Å². The Balaban J connectivity index is 1.82. The fourth-order valence-corrected chi connectivity index (χ4v) is 2.93. The van der Waals surface area contributed by atoms with Crippen molar-refractivity contribution in [2.75, 3.05) is 0 Å². The number of carbonyl (C=O) groups is 1. The van der Waals surface area contributed by atoms with E-state index in [-0.39, 0.29) is 5.91 Å². The number of hydrogen-bond acceptors (Lipinski definition) is 3. The lowest BCUT2D eigenvalue weighted by atomic mass is 10.2. The van der Waals surface area contributed by atoms with Crippen molar-refractivity contribution in [1.29, 1.82) is 0 Å². The molecule has 2 aromatic heterocycles. The minimum atomic E-state index is 0.140. The predicted octanol–water partition coefficient (Wildman–Crippen LogP) is 3.45. The van der Waals surface area contributed by atoms with Gasteiger partial charge in [-0.05, 0) is 48.9 Å². The molecule has 1 aliphatic carbocycles. The van der Waals surface area contributed by atoms with Crippen molar-refractivity contribution in [3.8, 4) is 0 Å².